The fraction of sp³-hybridized carbons (Fsp3) is 0.136. The van der Waals surface area contributed by atoms with Crippen molar-refractivity contribution in [2.45, 2.75) is 6.92 Å². The number of hydrogen-bond donors (Lipinski definition) is 1. The molecule has 0 aliphatic carbocycles. The third-order valence-electron chi connectivity index (χ3n) is 4.71. The average Bonchev–Trinajstić information content (AvgIpc) is 3.30. The smallest absolute Gasteiger partial charge is 0.265 e. The highest BCUT2D eigenvalue weighted by Gasteiger charge is 2.19. The Morgan fingerprint density at radius 1 is 1.13 bits per heavy atom. The normalized spacial score (nSPS) is 11.0. The number of thiophene rings is 1. The number of fused-ring (bicyclic) bond motifs is 1. The minimum absolute atomic E-state index is 0.191. The summed E-state index contributed by atoms with van der Waals surface area (Å²) < 4.78 is 15.0. The van der Waals surface area contributed by atoms with Crippen molar-refractivity contribution in [3.05, 3.63) is 75.5 Å². The van der Waals surface area contributed by atoms with Crippen LogP contribution in [0.15, 0.2) is 48.5 Å². The molecule has 2 aromatic heterocycles. The highest BCUT2D eigenvalue weighted by molar-refractivity contribution is 7.20. The third kappa shape index (κ3) is 4.04. The van der Waals surface area contributed by atoms with Crippen molar-refractivity contribution in [1.29, 1.82) is 0 Å². The predicted octanol–water partition coefficient (Wildman–Crippen LogP) is 5.14. The number of hydrogen-bond acceptors (Lipinski definition) is 4. The van der Waals surface area contributed by atoms with Gasteiger partial charge in [0, 0.05) is 25.0 Å². The van der Waals surface area contributed by atoms with E-state index >= 15 is 0 Å². The summed E-state index contributed by atoms with van der Waals surface area (Å²) in [6, 6.07) is 12.5. The lowest BCUT2D eigenvalue weighted by Gasteiger charge is -2.12. The number of aryl methyl sites for hydroxylation is 1. The van der Waals surface area contributed by atoms with E-state index < -0.39 is 0 Å². The summed E-state index contributed by atoms with van der Waals surface area (Å²) in [5, 5.41) is 8.46. The summed E-state index contributed by atoms with van der Waals surface area (Å²) in [7, 11) is 3.30. The van der Waals surface area contributed by atoms with Crippen molar-refractivity contribution < 1.29 is 14.0 Å². The average molecular weight is 457 g/mol. The van der Waals surface area contributed by atoms with E-state index in [1.165, 1.54) is 28.4 Å². The van der Waals surface area contributed by atoms with E-state index in [1.54, 1.807) is 55.2 Å². The Morgan fingerprint density at radius 2 is 1.84 bits per heavy atom. The first-order chi connectivity index (χ1) is 14.7. The van der Waals surface area contributed by atoms with Crippen molar-refractivity contribution >= 4 is 50.7 Å². The summed E-state index contributed by atoms with van der Waals surface area (Å²) in [4.78, 5) is 27.8. The predicted molar refractivity (Wildman–Crippen MR) is 121 cm³/mol. The molecule has 0 saturated carbocycles. The van der Waals surface area contributed by atoms with Gasteiger partial charge >= 0.3 is 0 Å². The second-order valence-corrected chi connectivity index (χ2v) is 8.59. The van der Waals surface area contributed by atoms with Crippen LogP contribution in [0.5, 0.6) is 0 Å². The molecule has 4 aromatic rings. The van der Waals surface area contributed by atoms with E-state index in [0.717, 1.165) is 15.9 Å². The van der Waals surface area contributed by atoms with Crippen LogP contribution >= 0.6 is 22.9 Å². The monoisotopic (exact) mass is 456 g/mol. The van der Waals surface area contributed by atoms with Crippen LogP contribution in [0.2, 0.25) is 5.02 Å². The maximum absolute atomic E-state index is 13.3. The lowest BCUT2D eigenvalue weighted by molar-refractivity contribution is 0.0827. The lowest BCUT2D eigenvalue weighted by Crippen LogP contribution is -2.22. The van der Waals surface area contributed by atoms with Gasteiger partial charge in [0.1, 0.15) is 10.6 Å². The molecule has 0 fully saturated rings. The minimum atomic E-state index is -0.345. The van der Waals surface area contributed by atoms with Gasteiger partial charge in [0.05, 0.1) is 27.0 Å². The van der Waals surface area contributed by atoms with Gasteiger partial charge in [-0.3, -0.25) is 9.59 Å². The SMILES string of the molecule is Cc1nn(-c2ccc(F)cc2)c2sc(C(=O)Nc3cc(C(=O)N(C)C)ccc3Cl)cc12. The Hall–Kier alpha value is -3.23. The van der Waals surface area contributed by atoms with Gasteiger partial charge < -0.3 is 10.2 Å². The van der Waals surface area contributed by atoms with Gasteiger partial charge in [0.15, 0.2) is 0 Å². The molecule has 0 unspecified atom stereocenters. The van der Waals surface area contributed by atoms with E-state index in [2.05, 4.69) is 10.4 Å². The maximum atomic E-state index is 13.3. The number of amides is 2. The van der Waals surface area contributed by atoms with Gasteiger partial charge in [0.2, 0.25) is 0 Å². The van der Waals surface area contributed by atoms with E-state index in [0.29, 0.717) is 26.8 Å². The van der Waals surface area contributed by atoms with Gasteiger partial charge in [-0.15, -0.1) is 11.3 Å². The van der Waals surface area contributed by atoms with Crippen molar-refractivity contribution in [3.8, 4) is 5.69 Å². The van der Waals surface area contributed by atoms with Crippen LogP contribution in [-0.2, 0) is 0 Å². The zero-order chi connectivity index (χ0) is 22.3. The molecule has 0 saturated heterocycles. The fourth-order valence-corrected chi connectivity index (χ4v) is 4.36. The van der Waals surface area contributed by atoms with E-state index in [1.807, 2.05) is 6.92 Å². The van der Waals surface area contributed by atoms with Crippen molar-refractivity contribution in [3.63, 3.8) is 0 Å². The molecular weight excluding hydrogens is 439 g/mol. The Balaban J connectivity index is 1.66. The molecular formula is C22H18ClFN4O2S. The molecule has 9 heteroatoms. The fourth-order valence-electron chi connectivity index (χ4n) is 3.11. The highest BCUT2D eigenvalue weighted by Crippen LogP contribution is 2.32. The number of rotatable bonds is 4. The topological polar surface area (TPSA) is 67.2 Å². The van der Waals surface area contributed by atoms with Crippen LogP contribution in [0.3, 0.4) is 0 Å². The van der Waals surface area contributed by atoms with Gasteiger partial charge in [-0.25, -0.2) is 9.07 Å². The first kappa shape index (κ1) is 21.0. The Kier molecular flexibility index (Phi) is 5.51. The molecule has 158 valence electrons. The van der Waals surface area contributed by atoms with Crippen LogP contribution in [-0.4, -0.2) is 40.6 Å². The Morgan fingerprint density at radius 3 is 2.52 bits per heavy atom. The number of anilines is 1. The summed E-state index contributed by atoms with van der Waals surface area (Å²) in [6.45, 7) is 1.85. The molecule has 0 atom stereocenters. The Labute approximate surface area is 186 Å². The molecule has 0 aliphatic heterocycles. The molecule has 0 bridgehead atoms. The molecule has 2 heterocycles. The highest BCUT2D eigenvalue weighted by atomic mass is 35.5. The number of halogens is 2. The number of carbonyl (C=O) groups excluding carboxylic acids is 2. The molecule has 31 heavy (non-hydrogen) atoms. The van der Waals surface area contributed by atoms with E-state index in [-0.39, 0.29) is 17.6 Å². The van der Waals surface area contributed by atoms with Crippen LogP contribution in [0.1, 0.15) is 25.7 Å². The van der Waals surface area contributed by atoms with Gasteiger partial charge in [-0.2, -0.15) is 5.10 Å². The minimum Gasteiger partial charge on any atom is -0.345 e. The molecule has 2 aromatic carbocycles. The Bertz CT molecular complexity index is 1310. The van der Waals surface area contributed by atoms with Gasteiger partial charge in [0.25, 0.3) is 11.8 Å². The second-order valence-electron chi connectivity index (χ2n) is 7.15. The zero-order valence-electron chi connectivity index (χ0n) is 16.9. The van der Waals surface area contributed by atoms with Crippen molar-refractivity contribution in [2.24, 2.45) is 0 Å². The van der Waals surface area contributed by atoms with Crippen molar-refractivity contribution in [1.82, 2.24) is 14.7 Å². The standard InChI is InChI=1S/C22H18ClFN4O2S/c1-12-16-11-19(31-22(16)28(26-12)15-7-5-14(24)6-8-15)20(29)25-18-10-13(4-9-17(18)23)21(30)27(2)3/h4-11H,1-3H3,(H,25,29). The molecule has 1 N–H and O–H groups in total. The molecule has 6 nitrogen and oxygen atoms in total. The first-order valence-electron chi connectivity index (χ1n) is 9.32. The maximum Gasteiger partial charge on any atom is 0.265 e. The number of benzene rings is 2. The second kappa shape index (κ2) is 8.13. The van der Waals surface area contributed by atoms with Crippen LogP contribution in [0.25, 0.3) is 15.9 Å². The zero-order valence-corrected chi connectivity index (χ0v) is 18.5. The number of nitrogens with one attached hydrogen (secondary N) is 1. The molecule has 0 aliphatic rings. The first-order valence-corrected chi connectivity index (χ1v) is 10.5. The molecule has 2 amide bonds. The molecule has 4 rings (SSSR count). The van der Waals surface area contributed by atoms with Crippen LogP contribution in [0.4, 0.5) is 10.1 Å². The molecule has 0 radical (unpaired) electrons. The summed E-state index contributed by atoms with van der Waals surface area (Å²) in [5.41, 5.74) is 2.23. The summed E-state index contributed by atoms with van der Waals surface area (Å²) >= 11 is 7.50. The van der Waals surface area contributed by atoms with Crippen LogP contribution < -0.4 is 5.32 Å². The summed E-state index contributed by atoms with van der Waals surface area (Å²) in [6.07, 6.45) is 0. The van der Waals surface area contributed by atoms with Gasteiger partial charge in [-0.05, 0) is 55.5 Å². The third-order valence-corrected chi connectivity index (χ3v) is 6.15. The quantitative estimate of drug-likeness (QED) is 0.462. The summed E-state index contributed by atoms with van der Waals surface area (Å²) in [5.74, 6) is -0.867. The van der Waals surface area contributed by atoms with Gasteiger partial charge in [-0.1, -0.05) is 11.6 Å². The van der Waals surface area contributed by atoms with E-state index in [4.69, 9.17) is 11.6 Å². The number of aromatic nitrogens is 2. The lowest BCUT2D eigenvalue weighted by atomic mass is 10.1. The largest absolute Gasteiger partial charge is 0.345 e. The van der Waals surface area contributed by atoms with E-state index in [9.17, 15) is 14.0 Å². The van der Waals surface area contributed by atoms with Crippen LogP contribution in [0, 0.1) is 12.7 Å². The number of carbonyl (C=O) groups is 2. The molecule has 0 spiro atoms. The van der Waals surface area contributed by atoms with Crippen molar-refractivity contribution in [2.75, 3.05) is 19.4 Å². The number of nitrogens with zero attached hydrogens (tertiary/aromatic N) is 3.